The van der Waals surface area contributed by atoms with Crippen LogP contribution in [0.25, 0.3) is 0 Å². The lowest BCUT2D eigenvalue weighted by Crippen LogP contribution is -2.31. The van der Waals surface area contributed by atoms with Crippen LogP contribution in [0.2, 0.25) is 0 Å². The molecule has 1 unspecified atom stereocenters. The van der Waals surface area contributed by atoms with E-state index in [4.69, 9.17) is 0 Å². The first-order valence-corrected chi connectivity index (χ1v) is 6.03. The highest BCUT2D eigenvalue weighted by atomic mass is 19.1. The molecule has 1 rings (SSSR count). The van der Waals surface area contributed by atoms with E-state index in [1.165, 1.54) is 6.42 Å². The summed E-state index contributed by atoms with van der Waals surface area (Å²) in [5.41, 5.74) is -0.531. The highest BCUT2D eigenvalue weighted by molar-refractivity contribution is 4.82. The molecule has 1 saturated carbocycles. The third-order valence-corrected chi connectivity index (χ3v) is 3.31. The van der Waals surface area contributed by atoms with Crippen molar-refractivity contribution >= 4 is 0 Å². The van der Waals surface area contributed by atoms with Crippen LogP contribution in [0.1, 0.15) is 64.7 Å². The maximum absolute atomic E-state index is 13.2. The van der Waals surface area contributed by atoms with Crippen LogP contribution in [-0.4, -0.2) is 16.9 Å². The van der Waals surface area contributed by atoms with Crippen molar-refractivity contribution in [2.24, 2.45) is 0 Å². The third-order valence-electron chi connectivity index (χ3n) is 3.31. The van der Waals surface area contributed by atoms with Gasteiger partial charge in [0.1, 0.15) is 6.17 Å². The number of aliphatic hydroxyl groups is 1. The summed E-state index contributed by atoms with van der Waals surface area (Å²) in [7, 11) is 0. The number of rotatable bonds is 5. The van der Waals surface area contributed by atoms with Crippen LogP contribution in [0.15, 0.2) is 0 Å². The molecule has 1 aliphatic carbocycles. The van der Waals surface area contributed by atoms with E-state index in [1.54, 1.807) is 0 Å². The van der Waals surface area contributed by atoms with E-state index >= 15 is 0 Å². The van der Waals surface area contributed by atoms with Gasteiger partial charge in [-0.3, -0.25) is 0 Å². The highest BCUT2D eigenvalue weighted by Crippen LogP contribution is 2.32. The fraction of sp³-hybridized carbons (Fsp3) is 1.00. The molecule has 1 nitrogen and oxygen atoms in total. The molecule has 0 spiro atoms. The molecule has 1 N–H and O–H groups in total. The number of halogens is 1. The molecule has 1 fully saturated rings. The standard InChI is InChI=1S/C12H23FO/c1-2-6-11(13)7-10-12(14)8-4-3-5-9-12/h11,14H,2-10H2,1H3. The molecule has 0 amide bonds. The Hall–Kier alpha value is -0.110. The first-order chi connectivity index (χ1) is 6.66. The molecular formula is C12H23FO. The molecule has 0 aromatic rings. The van der Waals surface area contributed by atoms with E-state index in [1.807, 2.05) is 6.92 Å². The molecule has 84 valence electrons. The molecule has 0 bridgehead atoms. The average Bonchev–Trinajstić information content (AvgIpc) is 2.17. The van der Waals surface area contributed by atoms with Crippen molar-refractivity contribution in [1.82, 2.24) is 0 Å². The molecule has 1 atom stereocenters. The summed E-state index contributed by atoms with van der Waals surface area (Å²) in [5, 5.41) is 10.1. The van der Waals surface area contributed by atoms with Gasteiger partial charge >= 0.3 is 0 Å². The molecular weight excluding hydrogens is 179 g/mol. The van der Waals surface area contributed by atoms with Gasteiger partial charge in [0.15, 0.2) is 0 Å². The molecule has 1 aliphatic rings. The van der Waals surface area contributed by atoms with E-state index in [2.05, 4.69) is 0 Å². The summed E-state index contributed by atoms with van der Waals surface area (Å²) in [6.07, 6.45) is 7.27. The second kappa shape index (κ2) is 5.69. The SMILES string of the molecule is CCCC(F)CCC1(O)CCCCC1. The van der Waals surface area contributed by atoms with Crippen LogP contribution in [0.3, 0.4) is 0 Å². The Balaban J connectivity index is 2.21. The Morgan fingerprint density at radius 2 is 1.86 bits per heavy atom. The Morgan fingerprint density at radius 3 is 2.43 bits per heavy atom. The van der Waals surface area contributed by atoms with E-state index < -0.39 is 11.8 Å². The second-order valence-electron chi connectivity index (χ2n) is 4.71. The zero-order chi connectivity index (χ0) is 10.4. The van der Waals surface area contributed by atoms with Gasteiger partial charge in [0, 0.05) is 0 Å². The van der Waals surface area contributed by atoms with E-state index in [-0.39, 0.29) is 0 Å². The average molecular weight is 202 g/mol. The molecule has 0 aliphatic heterocycles. The predicted molar refractivity (Wildman–Crippen MR) is 57.1 cm³/mol. The first kappa shape index (κ1) is 12.0. The van der Waals surface area contributed by atoms with Crippen molar-refractivity contribution in [1.29, 1.82) is 0 Å². The normalized spacial score (nSPS) is 23.4. The first-order valence-electron chi connectivity index (χ1n) is 6.03. The largest absolute Gasteiger partial charge is 0.390 e. The zero-order valence-electron chi connectivity index (χ0n) is 9.27. The smallest absolute Gasteiger partial charge is 0.100 e. The van der Waals surface area contributed by atoms with Gasteiger partial charge in [0.2, 0.25) is 0 Å². The van der Waals surface area contributed by atoms with Crippen molar-refractivity contribution in [2.75, 3.05) is 0 Å². The minimum absolute atomic E-state index is 0.531. The minimum Gasteiger partial charge on any atom is -0.390 e. The summed E-state index contributed by atoms with van der Waals surface area (Å²) in [6, 6.07) is 0. The lowest BCUT2D eigenvalue weighted by atomic mass is 9.81. The molecule has 0 heterocycles. The maximum Gasteiger partial charge on any atom is 0.100 e. The van der Waals surface area contributed by atoms with Gasteiger partial charge in [-0.05, 0) is 32.1 Å². The van der Waals surface area contributed by atoms with Crippen molar-refractivity contribution < 1.29 is 9.50 Å². The fourth-order valence-corrected chi connectivity index (χ4v) is 2.34. The lowest BCUT2D eigenvalue weighted by molar-refractivity contribution is -0.0107. The number of hydrogen-bond acceptors (Lipinski definition) is 1. The Labute approximate surface area is 86.7 Å². The third kappa shape index (κ3) is 3.95. The Kier molecular flexibility index (Phi) is 4.86. The quantitative estimate of drug-likeness (QED) is 0.722. The monoisotopic (exact) mass is 202 g/mol. The molecule has 2 heteroatoms. The van der Waals surface area contributed by atoms with Gasteiger partial charge in [-0.25, -0.2) is 4.39 Å². The number of alkyl halides is 1. The topological polar surface area (TPSA) is 20.2 Å². The molecule has 0 aromatic heterocycles. The summed E-state index contributed by atoms with van der Waals surface area (Å²) >= 11 is 0. The van der Waals surface area contributed by atoms with Gasteiger partial charge in [0.05, 0.1) is 5.60 Å². The molecule has 0 saturated heterocycles. The molecule has 0 radical (unpaired) electrons. The Bertz CT molecular complexity index is 152. The highest BCUT2D eigenvalue weighted by Gasteiger charge is 2.29. The van der Waals surface area contributed by atoms with Crippen LogP contribution in [0.5, 0.6) is 0 Å². The van der Waals surface area contributed by atoms with Gasteiger partial charge < -0.3 is 5.11 Å². The molecule has 14 heavy (non-hydrogen) atoms. The predicted octanol–water partition coefficient (Wildman–Crippen LogP) is 3.60. The summed E-state index contributed by atoms with van der Waals surface area (Å²) in [6.45, 7) is 2.00. The van der Waals surface area contributed by atoms with Crippen molar-refractivity contribution in [3.63, 3.8) is 0 Å². The van der Waals surface area contributed by atoms with Crippen LogP contribution in [0.4, 0.5) is 4.39 Å². The van der Waals surface area contributed by atoms with Crippen molar-refractivity contribution in [3.8, 4) is 0 Å². The maximum atomic E-state index is 13.2. The van der Waals surface area contributed by atoms with E-state index in [0.29, 0.717) is 19.3 Å². The lowest BCUT2D eigenvalue weighted by Gasteiger charge is -2.32. The Morgan fingerprint density at radius 1 is 1.21 bits per heavy atom. The van der Waals surface area contributed by atoms with Crippen LogP contribution >= 0.6 is 0 Å². The fourth-order valence-electron chi connectivity index (χ4n) is 2.34. The van der Waals surface area contributed by atoms with Crippen molar-refractivity contribution in [3.05, 3.63) is 0 Å². The molecule has 0 aromatic carbocycles. The summed E-state index contributed by atoms with van der Waals surface area (Å²) in [4.78, 5) is 0. The van der Waals surface area contributed by atoms with Gasteiger partial charge in [-0.15, -0.1) is 0 Å². The van der Waals surface area contributed by atoms with Crippen LogP contribution in [0, 0.1) is 0 Å². The summed E-state index contributed by atoms with van der Waals surface area (Å²) in [5.74, 6) is 0. The van der Waals surface area contributed by atoms with Gasteiger partial charge in [-0.1, -0.05) is 32.6 Å². The van der Waals surface area contributed by atoms with Crippen LogP contribution < -0.4 is 0 Å². The zero-order valence-corrected chi connectivity index (χ0v) is 9.27. The summed E-state index contributed by atoms with van der Waals surface area (Å²) < 4.78 is 13.2. The van der Waals surface area contributed by atoms with E-state index in [9.17, 15) is 9.50 Å². The van der Waals surface area contributed by atoms with Crippen molar-refractivity contribution in [2.45, 2.75) is 76.5 Å². The van der Waals surface area contributed by atoms with Gasteiger partial charge in [-0.2, -0.15) is 0 Å². The number of hydrogen-bond donors (Lipinski definition) is 1. The van der Waals surface area contributed by atoms with E-state index in [0.717, 1.165) is 32.1 Å². The van der Waals surface area contributed by atoms with Gasteiger partial charge in [0.25, 0.3) is 0 Å². The van der Waals surface area contributed by atoms with Crippen LogP contribution in [-0.2, 0) is 0 Å². The second-order valence-corrected chi connectivity index (χ2v) is 4.71. The minimum atomic E-state index is -0.703.